The molecule has 0 fully saturated rings. The molecule has 1 aliphatic rings. The van der Waals surface area contributed by atoms with E-state index in [0.717, 1.165) is 24.2 Å². The van der Waals surface area contributed by atoms with Crippen LogP contribution in [-0.2, 0) is 17.8 Å². The van der Waals surface area contributed by atoms with Gasteiger partial charge < -0.3 is 10.5 Å². The number of ether oxygens (including phenoxy) is 1. The van der Waals surface area contributed by atoms with Gasteiger partial charge in [-0.15, -0.1) is 0 Å². The molecule has 5 heteroatoms. The van der Waals surface area contributed by atoms with Crippen molar-refractivity contribution in [3.05, 3.63) is 77.6 Å². The van der Waals surface area contributed by atoms with Gasteiger partial charge in [-0.3, -0.25) is 9.79 Å². The van der Waals surface area contributed by atoms with E-state index >= 15 is 0 Å². The van der Waals surface area contributed by atoms with Crippen LogP contribution in [0.3, 0.4) is 0 Å². The molecule has 4 nitrogen and oxygen atoms in total. The highest BCUT2D eigenvalue weighted by molar-refractivity contribution is 5.78. The third-order valence-corrected chi connectivity index (χ3v) is 5.03. The van der Waals surface area contributed by atoms with Gasteiger partial charge in [-0.05, 0) is 60.7 Å². The molecule has 0 radical (unpaired) electrons. The van der Waals surface area contributed by atoms with Gasteiger partial charge in [0.25, 0.3) is 0 Å². The maximum Gasteiger partial charge on any atom is 0.220 e. The minimum Gasteiger partial charge on any atom is -0.489 e. The first-order valence-electron chi connectivity index (χ1n) is 9.44. The van der Waals surface area contributed by atoms with Crippen LogP contribution in [0.25, 0.3) is 0 Å². The van der Waals surface area contributed by atoms with Crippen molar-refractivity contribution in [3.63, 3.8) is 0 Å². The molecular weight excluding hydrogens is 355 g/mol. The molecule has 0 saturated heterocycles. The van der Waals surface area contributed by atoms with Gasteiger partial charge in [-0.2, -0.15) is 0 Å². The topological polar surface area (TPSA) is 64.7 Å². The SMILES string of the molecule is CC(CC1(CCc2ccc(OCc3cccc(F)c3)cc2)C=CC=N1)C(N)=O. The molecule has 0 spiro atoms. The van der Waals surface area contributed by atoms with Crippen molar-refractivity contribution in [2.24, 2.45) is 16.6 Å². The summed E-state index contributed by atoms with van der Waals surface area (Å²) in [6.07, 6.45) is 8.03. The number of nitrogens with zero attached hydrogens (tertiary/aromatic N) is 1. The maximum atomic E-state index is 13.2. The standard InChI is InChI=1S/C23H25FN2O2/c1-17(22(25)27)15-23(11-3-13-26-23)12-10-18-6-8-21(9-7-18)28-16-19-4-2-5-20(24)14-19/h2-9,11,13-14,17H,10,12,15-16H2,1H3,(H2,25,27). The first kappa shape index (κ1) is 19.8. The highest BCUT2D eigenvalue weighted by Crippen LogP contribution is 2.31. The lowest BCUT2D eigenvalue weighted by molar-refractivity contribution is -0.121. The number of benzene rings is 2. The van der Waals surface area contributed by atoms with Crippen LogP contribution in [0.2, 0.25) is 0 Å². The van der Waals surface area contributed by atoms with Crippen LogP contribution >= 0.6 is 0 Å². The van der Waals surface area contributed by atoms with Gasteiger partial charge in [0.2, 0.25) is 5.91 Å². The number of amides is 1. The summed E-state index contributed by atoms with van der Waals surface area (Å²) in [7, 11) is 0. The molecule has 2 atom stereocenters. The Morgan fingerprint density at radius 3 is 2.64 bits per heavy atom. The third-order valence-electron chi connectivity index (χ3n) is 5.03. The predicted molar refractivity (Wildman–Crippen MR) is 109 cm³/mol. The number of hydrogen-bond donors (Lipinski definition) is 1. The number of primary amides is 1. The number of aliphatic imine (C=N–C) groups is 1. The van der Waals surface area contributed by atoms with E-state index in [1.807, 2.05) is 43.3 Å². The Hall–Kier alpha value is -2.95. The van der Waals surface area contributed by atoms with Crippen LogP contribution in [-0.4, -0.2) is 17.7 Å². The van der Waals surface area contributed by atoms with E-state index in [4.69, 9.17) is 10.5 Å². The Morgan fingerprint density at radius 1 is 1.21 bits per heavy atom. The molecule has 2 aromatic carbocycles. The Balaban J connectivity index is 1.55. The molecule has 2 aromatic rings. The van der Waals surface area contributed by atoms with E-state index in [1.165, 1.54) is 17.7 Å². The minimum absolute atomic E-state index is 0.224. The molecule has 1 amide bonds. The molecule has 1 aliphatic heterocycles. The van der Waals surface area contributed by atoms with E-state index in [1.54, 1.807) is 12.3 Å². The van der Waals surface area contributed by atoms with Crippen LogP contribution in [0.4, 0.5) is 4.39 Å². The van der Waals surface area contributed by atoms with Gasteiger partial charge >= 0.3 is 0 Å². The van der Waals surface area contributed by atoms with Gasteiger partial charge in [0.05, 0.1) is 5.54 Å². The molecule has 0 aromatic heterocycles. The largest absolute Gasteiger partial charge is 0.489 e. The van der Waals surface area contributed by atoms with Gasteiger partial charge in [0.1, 0.15) is 18.2 Å². The monoisotopic (exact) mass is 380 g/mol. The number of carbonyl (C=O) groups is 1. The van der Waals surface area contributed by atoms with Gasteiger partial charge in [0, 0.05) is 12.1 Å². The summed E-state index contributed by atoms with van der Waals surface area (Å²) in [5, 5.41) is 0. The van der Waals surface area contributed by atoms with Crippen molar-refractivity contribution in [2.75, 3.05) is 0 Å². The second kappa shape index (κ2) is 8.83. The smallest absolute Gasteiger partial charge is 0.220 e. The second-order valence-corrected chi connectivity index (χ2v) is 7.31. The zero-order valence-electron chi connectivity index (χ0n) is 16.0. The first-order valence-corrected chi connectivity index (χ1v) is 9.44. The summed E-state index contributed by atoms with van der Waals surface area (Å²) in [6, 6.07) is 14.3. The van der Waals surface area contributed by atoms with Gasteiger partial charge in [-0.25, -0.2) is 4.39 Å². The number of hydrogen-bond acceptors (Lipinski definition) is 3. The summed E-state index contributed by atoms with van der Waals surface area (Å²) in [6.45, 7) is 2.17. The summed E-state index contributed by atoms with van der Waals surface area (Å²) in [5.41, 5.74) is 7.02. The Labute approximate surface area is 164 Å². The average molecular weight is 380 g/mol. The highest BCUT2D eigenvalue weighted by atomic mass is 19.1. The van der Waals surface area contributed by atoms with Crippen molar-refractivity contribution in [2.45, 2.75) is 38.3 Å². The molecule has 0 bridgehead atoms. The molecule has 0 aliphatic carbocycles. The van der Waals surface area contributed by atoms with E-state index in [2.05, 4.69) is 11.1 Å². The Bertz CT molecular complexity index is 862. The van der Waals surface area contributed by atoms with Crippen molar-refractivity contribution >= 4 is 12.1 Å². The summed E-state index contributed by atoms with van der Waals surface area (Å²) >= 11 is 0. The number of aryl methyl sites for hydroxylation is 1. The van der Waals surface area contributed by atoms with Crippen LogP contribution in [0.1, 0.15) is 30.9 Å². The van der Waals surface area contributed by atoms with Crippen LogP contribution in [0, 0.1) is 11.7 Å². The number of halogens is 1. The average Bonchev–Trinajstić information content (AvgIpc) is 3.14. The molecule has 1 heterocycles. The van der Waals surface area contributed by atoms with E-state index in [0.29, 0.717) is 13.0 Å². The van der Waals surface area contributed by atoms with E-state index in [-0.39, 0.29) is 23.2 Å². The zero-order chi connectivity index (χ0) is 20.0. The summed E-state index contributed by atoms with van der Waals surface area (Å²) in [5.74, 6) is -0.0447. The molecule has 3 rings (SSSR count). The lowest BCUT2D eigenvalue weighted by atomic mass is 9.84. The predicted octanol–water partition coefficient (Wildman–Crippen LogP) is 4.23. The van der Waals surface area contributed by atoms with E-state index in [9.17, 15) is 9.18 Å². The molecule has 146 valence electrons. The molecule has 2 unspecified atom stereocenters. The van der Waals surface area contributed by atoms with Crippen molar-refractivity contribution in [1.29, 1.82) is 0 Å². The third kappa shape index (κ3) is 5.28. The fraction of sp³-hybridized carbons (Fsp3) is 0.304. The first-order chi connectivity index (χ1) is 13.5. The fourth-order valence-corrected chi connectivity index (χ4v) is 3.36. The normalized spacial score (nSPS) is 18.9. The Morgan fingerprint density at radius 2 is 2.00 bits per heavy atom. The Kier molecular flexibility index (Phi) is 6.24. The molecular formula is C23H25FN2O2. The molecule has 0 saturated carbocycles. The number of nitrogens with two attached hydrogens (primary N) is 1. The minimum atomic E-state index is -0.360. The molecule has 2 N–H and O–H groups in total. The van der Waals surface area contributed by atoms with Gasteiger partial charge in [-0.1, -0.05) is 37.3 Å². The fourth-order valence-electron chi connectivity index (χ4n) is 3.36. The maximum absolute atomic E-state index is 13.2. The number of allylic oxidation sites excluding steroid dienone is 1. The lowest BCUT2D eigenvalue weighted by Crippen LogP contribution is -2.31. The van der Waals surface area contributed by atoms with Crippen LogP contribution in [0.15, 0.2) is 65.7 Å². The van der Waals surface area contributed by atoms with Crippen LogP contribution in [0.5, 0.6) is 5.75 Å². The number of carbonyl (C=O) groups excluding carboxylic acids is 1. The summed E-state index contributed by atoms with van der Waals surface area (Å²) < 4.78 is 18.9. The zero-order valence-corrected chi connectivity index (χ0v) is 16.0. The van der Waals surface area contributed by atoms with Crippen molar-refractivity contribution in [1.82, 2.24) is 0 Å². The molecule has 28 heavy (non-hydrogen) atoms. The van der Waals surface area contributed by atoms with Crippen LogP contribution < -0.4 is 10.5 Å². The van der Waals surface area contributed by atoms with Crippen molar-refractivity contribution < 1.29 is 13.9 Å². The lowest BCUT2D eigenvalue weighted by Gasteiger charge is -2.26. The quantitative estimate of drug-likeness (QED) is 0.708. The van der Waals surface area contributed by atoms with Gasteiger partial charge in [0.15, 0.2) is 0 Å². The number of rotatable bonds is 9. The highest BCUT2D eigenvalue weighted by Gasteiger charge is 2.31. The second-order valence-electron chi connectivity index (χ2n) is 7.31. The van der Waals surface area contributed by atoms with E-state index < -0.39 is 0 Å². The van der Waals surface area contributed by atoms with Crippen molar-refractivity contribution in [3.8, 4) is 5.75 Å². The summed E-state index contributed by atoms with van der Waals surface area (Å²) in [4.78, 5) is 16.0.